The van der Waals surface area contributed by atoms with Crippen molar-refractivity contribution in [2.75, 3.05) is 11.1 Å². The van der Waals surface area contributed by atoms with Gasteiger partial charge in [0.15, 0.2) is 0 Å². The minimum atomic E-state index is -0.164. The summed E-state index contributed by atoms with van der Waals surface area (Å²) in [5.41, 5.74) is 7.56. The van der Waals surface area contributed by atoms with E-state index in [9.17, 15) is 4.79 Å². The quantitative estimate of drug-likeness (QED) is 0.842. The van der Waals surface area contributed by atoms with Crippen molar-refractivity contribution in [3.63, 3.8) is 0 Å². The number of hydrogen-bond acceptors (Lipinski definition) is 3. The van der Waals surface area contributed by atoms with E-state index in [0.717, 1.165) is 18.6 Å². The molecule has 114 valence electrons. The second-order valence-electron chi connectivity index (χ2n) is 5.60. The summed E-state index contributed by atoms with van der Waals surface area (Å²) in [6.07, 6.45) is 4.85. The molecule has 2 aromatic carbocycles. The molecule has 22 heavy (non-hydrogen) atoms. The largest absolute Gasteiger partial charge is 0.488 e. The van der Waals surface area contributed by atoms with Gasteiger partial charge in [-0.3, -0.25) is 4.79 Å². The zero-order chi connectivity index (χ0) is 15.4. The number of anilines is 2. The number of ether oxygens (including phenoxy) is 1. The number of nitrogen functional groups attached to an aromatic ring is 1. The third-order valence-corrected chi connectivity index (χ3v) is 3.90. The number of rotatable bonds is 4. The van der Waals surface area contributed by atoms with Crippen molar-refractivity contribution in [1.29, 1.82) is 0 Å². The minimum Gasteiger partial charge on any atom is -0.488 e. The maximum absolute atomic E-state index is 12.3. The molecule has 1 saturated carbocycles. The molecule has 1 amide bonds. The molecule has 0 unspecified atom stereocenters. The lowest BCUT2D eigenvalue weighted by Crippen LogP contribution is -2.16. The average molecular weight is 296 g/mol. The van der Waals surface area contributed by atoms with Gasteiger partial charge in [-0.25, -0.2) is 0 Å². The minimum absolute atomic E-state index is 0.164. The highest BCUT2D eigenvalue weighted by atomic mass is 16.5. The molecule has 0 heterocycles. The van der Waals surface area contributed by atoms with E-state index in [1.807, 2.05) is 24.3 Å². The average Bonchev–Trinajstić information content (AvgIpc) is 3.03. The number of carbonyl (C=O) groups excluding carboxylic acids is 1. The number of amides is 1. The second-order valence-corrected chi connectivity index (χ2v) is 5.60. The van der Waals surface area contributed by atoms with E-state index in [1.165, 1.54) is 12.8 Å². The van der Waals surface area contributed by atoms with E-state index < -0.39 is 0 Å². The zero-order valence-corrected chi connectivity index (χ0v) is 12.4. The molecule has 1 aliphatic rings. The van der Waals surface area contributed by atoms with Crippen molar-refractivity contribution in [2.24, 2.45) is 0 Å². The molecule has 4 nitrogen and oxygen atoms in total. The normalized spacial score (nSPS) is 14.7. The Morgan fingerprint density at radius 3 is 2.45 bits per heavy atom. The molecule has 4 heteroatoms. The van der Waals surface area contributed by atoms with Crippen LogP contribution in [-0.2, 0) is 0 Å². The van der Waals surface area contributed by atoms with Crippen LogP contribution in [0.4, 0.5) is 11.4 Å². The SMILES string of the molecule is Nc1ccc(C(=O)Nc2ccccc2OC2CCCC2)cc1. The summed E-state index contributed by atoms with van der Waals surface area (Å²) in [5, 5.41) is 2.92. The van der Waals surface area contributed by atoms with Gasteiger partial charge in [-0.15, -0.1) is 0 Å². The Hall–Kier alpha value is -2.49. The standard InChI is InChI=1S/C18H20N2O2/c19-14-11-9-13(10-12-14)18(21)20-16-7-3-4-8-17(16)22-15-5-1-2-6-15/h3-4,7-12,15H,1-2,5-6,19H2,(H,20,21). The lowest BCUT2D eigenvalue weighted by Gasteiger charge is -2.17. The summed E-state index contributed by atoms with van der Waals surface area (Å²) >= 11 is 0. The number of nitrogens with one attached hydrogen (secondary N) is 1. The Balaban J connectivity index is 1.73. The summed E-state index contributed by atoms with van der Waals surface area (Å²) < 4.78 is 6.03. The van der Waals surface area contributed by atoms with Gasteiger partial charge < -0.3 is 15.8 Å². The van der Waals surface area contributed by atoms with Crippen LogP contribution in [0.15, 0.2) is 48.5 Å². The highest BCUT2D eigenvalue weighted by molar-refractivity contribution is 6.05. The Bertz CT molecular complexity index is 646. The molecule has 1 fully saturated rings. The van der Waals surface area contributed by atoms with Crippen LogP contribution in [0, 0.1) is 0 Å². The van der Waals surface area contributed by atoms with Crippen molar-refractivity contribution in [1.82, 2.24) is 0 Å². The molecule has 3 N–H and O–H groups in total. The van der Waals surface area contributed by atoms with Gasteiger partial charge in [-0.05, 0) is 62.1 Å². The van der Waals surface area contributed by atoms with Gasteiger partial charge >= 0.3 is 0 Å². The van der Waals surface area contributed by atoms with Crippen molar-refractivity contribution >= 4 is 17.3 Å². The topological polar surface area (TPSA) is 64.4 Å². The first kappa shape index (κ1) is 14.4. The monoisotopic (exact) mass is 296 g/mol. The number of para-hydroxylation sites is 2. The van der Waals surface area contributed by atoms with Crippen LogP contribution >= 0.6 is 0 Å². The molecule has 0 spiro atoms. The van der Waals surface area contributed by atoms with E-state index in [1.54, 1.807) is 24.3 Å². The van der Waals surface area contributed by atoms with Crippen LogP contribution in [0.25, 0.3) is 0 Å². The summed E-state index contributed by atoms with van der Waals surface area (Å²) in [4.78, 5) is 12.3. The smallest absolute Gasteiger partial charge is 0.255 e. The maximum Gasteiger partial charge on any atom is 0.255 e. The summed E-state index contributed by atoms with van der Waals surface area (Å²) in [7, 11) is 0. The molecule has 2 aromatic rings. The predicted octanol–water partition coefficient (Wildman–Crippen LogP) is 3.84. The predicted molar refractivity (Wildman–Crippen MR) is 88.1 cm³/mol. The van der Waals surface area contributed by atoms with Gasteiger partial charge in [0, 0.05) is 11.3 Å². The van der Waals surface area contributed by atoms with Crippen molar-refractivity contribution in [2.45, 2.75) is 31.8 Å². The Morgan fingerprint density at radius 1 is 1.05 bits per heavy atom. The van der Waals surface area contributed by atoms with E-state index >= 15 is 0 Å². The van der Waals surface area contributed by atoms with Crippen LogP contribution in [0.2, 0.25) is 0 Å². The van der Waals surface area contributed by atoms with Crippen LogP contribution in [0.3, 0.4) is 0 Å². The molecule has 0 aliphatic heterocycles. The van der Waals surface area contributed by atoms with Gasteiger partial charge in [0.05, 0.1) is 11.8 Å². The fourth-order valence-electron chi connectivity index (χ4n) is 2.69. The van der Waals surface area contributed by atoms with Gasteiger partial charge in [0.25, 0.3) is 5.91 Å². The molecule has 0 atom stereocenters. The van der Waals surface area contributed by atoms with Gasteiger partial charge in [-0.2, -0.15) is 0 Å². The zero-order valence-electron chi connectivity index (χ0n) is 12.4. The Labute approximate surface area is 130 Å². The lowest BCUT2D eigenvalue weighted by molar-refractivity contribution is 0.102. The third kappa shape index (κ3) is 3.39. The van der Waals surface area contributed by atoms with Crippen molar-refractivity contribution in [3.05, 3.63) is 54.1 Å². The van der Waals surface area contributed by atoms with Crippen LogP contribution in [-0.4, -0.2) is 12.0 Å². The molecule has 1 aliphatic carbocycles. The third-order valence-electron chi connectivity index (χ3n) is 3.90. The lowest BCUT2D eigenvalue weighted by atomic mass is 10.2. The van der Waals surface area contributed by atoms with Gasteiger partial charge in [0.1, 0.15) is 5.75 Å². The van der Waals surface area contributed by atoms with E-state index in [-0.39, 0.29) is 12.0 Å². The maximum atomic E-state index is 12.3. The highest BCUT2D eigenvalue weighted by Gasteiger charge is 2.18. The summed E-state index contributed by atoms with van der Waals surface area (Å²) in [6.45, 7) is 0. The fourth-order valence-corrected chi connectivity index (χ4v) is 2.69. The first-order valence-corrected chi connectivity index (χ1v) is 7.65. The van der Waals surface area contributed by atoms with Crippen molar-refractivity contribution in [3.8, 4) is 5.75 Å². The van der Waals surface area contributed by atoms with Crippen molar-refractivity contribution < 1.29 is 9.53 Å². The molecular weight excluding hydrogens is 276 g/mol. The number of nitrogens with two attached hydrogens (primary N) is 1. The Morgan fingerprint density at radius 2 is 1.73 bits per heavy atom. The van der Waals surface area contributed by atoms with Crippen LogP contribution in [0.5, 0.6) is 5.75 Å². The molecule has 0 radical (unpaired) electrons. The summed E-state index contributed by atoms with van der Waals surface area (Å²) in [5.74, 6) is 0.570. The molecule has 3 rings (SSSR count). The first-order valence-electron chi connectivity index (χ1n) is 7.65. The van der Waals surface area contributed by atoms with E-state index in [2.05, 4.69) is 5.32 Å². The van der Waals surface area contributed by atoms with Gasteiger partial charge in [-0.1, -0.05) is 12.1 Å². The van der Waals surface area contributed by atoms with E-state index in [4.69, 9.17) is 10.5 Å². The number of benzene rings is 2. The van der Waals surface area contributed by atoms with Crippen LogP contribution in [0.1, 0.15) is 36.0 Å². The number of hydrogen-bond donors (Lipinski definition) is 2. The van der Waals surface area contributed by atoms with Crippen LogP contribution < -0.4 is 15.8 Å². The Kier molecular flexibility index (Phi) is 4.28. The molecular formula is C18H20N2O2. The van der Waals surface area contributed by atoms with E-state index in [0.29, 0.717) is 16.9 Å². The van der Waals surface area contributed by atoms with Gasteiger partial charge in [0.2, 0.25) is 0 Å². The first-order chi connectivity index (χ1) is 10.7. The molecule has 0 aromatic heterocycles. The second kappa shape index (κ2) is 6.52. The highest BCUT2D eigenvalue weighted by Crippen LogP contribution is 2.30. The number of carbonyl (C=O) groups is 1. The fraction of sp³-hybridized carbons (Fsp3) is 0.278. The summed E-state index contributed by atoms with van der Waals surface area (Å²) in [6, 6.07) is 14.4. The molecule has 0 saturated heterocycles. The molecule has 0 bridgehead atoms.